The number of sulfonamides is 1. The summed E-state index contributed by atoms with van der Waals surface area (Å²) in [5.74, 6) is 0.671. The Morgan fingerprint density at radius 2 is 2.29 bits per heavy atom. The van der Waals surface area contributed by atoms with Gasteiger partial charge in [-0.05, 0) is 31.4 Å². The Labute approximate surface area is 107 Å². The van der Waals surface area contributed by atoms with Crippen LogP contribution in [0.15, 0.2) is 21.6 Å². The fourth-order valence-corrected chi connectivity index (χ4v) is 4.06. The Hall–Kier alpha value is -0.520. The van der Waals surface area contributed by atoms with Crippen LogP contribution in [0.25, 0.3) is 0 Å². The lowest BCUT2D eigenvalue weighted by Gasteiger charge is -2.21. The molecule has 0 bridgehead atoms. The van der Waals surface area contributed by atoms with Gasteiger partial charge in [0.05, 0.1) is 5.88 Å². The van der Waals surface area contributed by atoms with E-state index in [4.69, 9.17) is 16.0 Å². The number of nitrogens with zero attached hydrogens (tertiary/aromatic N) is 1. The molecule has 17 heavy (non-hydrogen) atoms. The van der Waals surface area contributed by atoms with Gasteiger partial charge in [-0.3, -0.25) is 0 Å². The van der Waals surface area contributed by atoms with Crippen LogP contribution in [0.1, 0.15) is 31.9 Å². The van der Waals surface area contributed by atoms with Crippen molar-refractivity contribution < 1.29 is 12.8 Å². The molecule has 1 atom stereocenters. The van der Waals surface area contributed by atoms with E-state index in [0.29, 0.717) is 12.3 Å². The molecule has 1 saturated heterocycles. The van der Waals surface area contributed by atoms with Crippen LogP contribution in [0.5, 0.6) is 0 Å². The molecule has 0 radical (unpaired) electrons. The molecule has 1 aromatic heterocycles. The van der Waals surface area contributed by atoms with Gasteiger partial charge in [0.1, 0.15) is 5.76 Å². The molecule has 1 unspecified atom stereocenters. The van der Waals surface area contributed by atoms with E-state index in [1.165, 1.54) is 6.07 Å². The third-order valence-electron chi connectivity index (χ3n) is 3.13. The molecule has 0 spiro atoms. The zero-order valence-corrected chi connectivity index (χ0v) is 11.3. The number of hydrogen-bond acceptors (Lipinski definition) is 3. The van der Waals surface area contributed by atoms with Gasteiger partial charge in [-0.15, -0.1) is 11.6 Å². The molecule has 0 aliphatic carbocycles. The lowest BCUT2D eigenvalue weighted by Crippen LogP contribution is -2.34. The maximum atomic E-state index is 12.3. The Balaban J connectivity index is 2.29. The number of rotatable bonds is 4. The van der Waals surface area contributed by atoms with E-state index >= 15 is 0 Å². The first-order valence-corrected chi connectivity index (χ1v) is 7.73. The maximum absolute atomic E-state index is 12.3. The summed E-state index contributed by atoms with van der Waals surface area (Å²) in [6.45, 7) is 2.59. The zero-order valence-electron chi connectivity index (χ0n) is 9.73. The summed E-state index contributed by atoms with van der Waals surface area (Å²) in [5.41, 5.74) is 0. The van der Waals surface area contributed by atoms with Gasteiger partial charge in [0.15, 0.2) is 0 Å². The second-order valence-electron chi connectivity index (χ2n) is 4.17. The minimum absolute atomic E-state index is 0.00787. The summed E-state index contributed by atoms with van der Waals surface area (Å²) in [6.07, 6.45) is 2.68. The Morgan fingerprint density at radius 3 is 2.88 bits per heavy atom. The highest BCUT2D eigenvalue weighted by atomic mass is 35.5. The molecule has 6 heteroatoms. The van der Waals surface area contributed by atoms with Gasteiger partial charge >= 0.3 is 0 Å². The van der Waals surface area contributed by atoms with E-state index in [1.807, 2.05) is 6.92 Å². The van der Waals surface area contributed by atoms with Crippen molar-refractivity contribution in [1.29, 1.82) is 0 Å². The highest BCUT2D eigenvalue weighted by Crippen LogP contribution is 2.28. The molecule has 0 amide bonds. The number of halogens is 1. The summed E-state index contributed by atoms with van der Waals surface area (Å²) in [4.78, 5) is 0. The summed E-state index contributed by atoms with van der Waals surface area (Å²) < 4.78 is 31.4. The second kappa shape index (κ2) is 5.00. The van der Waals surface area contributed by atoms with Crippen LogP contribution >= 0.6 is 11.6 Å². The molecule has 2 rings (SSSR count). The van der Waals surface area contributed by atoms with Gasteiger partial charge in [0.25, 0.3) is 10.0 Å². The van der Waals surface area contributed by atoms with Gasteiger partial charge < -0.3 is 4.42 Å². The summed E-state index contributed by atoms with van der Waals surface area (Å²) in [6, 6.07) is 3.19. The molecule has 2 heterocycles. The van der Waals surface area contributed by atoms with E-state index in [1.54, 1.807) is 10.4 Å². The van der Waals surface area contributed by atoms with E-state index in [-0.39, 0.29) is 17.0 Å². The molecular formula is C11H16ClNO3S. The average molecular weight is 278 g/mol. The molecule has 1 aliphatic rings. The summed E-state index contributed by atoms with van der Waals surface area (Å²) in [7, 11) is -3.48. The normalized spacial score (nSPS) is 22.1. The Kier molecular flexibility index (Phi) is 3.80. The van der Waals surface area contributed by atoms with Crippen molar-refractivity contribution in [3.05, 3.63) is 17.9 Å². The van der Waals surface area contributed by atoms with Crippen molar-refractivity contribution in [3.63, 3.8) is 0 Å². The van der Waals surface area contributed by atoms with Crippen molar-refractivity contribution >= 4 is 21.6 Å². The van der Waals surface area contributed by atoms with Gasteiger partial charge in [0, 0.05) is 12.6 Å². The SMILES string of the molecule is CCC1CCCN1S(=O)(=O)c1ccc(CCl)o1. The van der Waals surface area contributed by atoms with Crippen LogP contribution in [0.3, 0.4) is 0 Å². The van der Waals surface area contributed by atoms with Crippen LogP contribution in [-0.4, -0.2) is 25.3 Å². The standard InChI is InChI=1S/C11H16ClNO3S/c1-2-9-4-3-7-13(9)17(14,15)11-6-5-10(8-12)16-11/h5-6,9H,2-4,7-8H2,1H3. The smallest absolute Gasteiger partial charge is 0.276 e. The fraction of sp³-hybridized carbons (Fsp3) is 0.636. The van der Waals surface area contributed by atoms with Crippen LogP contribution in [0.2, 0.25) is 0 Å². The number of hydrogen-bond donors (Lipinski definition) is 0. The van der Waals surface area contributed by atoms with Crippen LogP contribution in [-0.2, 0) is 15.9 Å². The van der Waals surface area contributed by atoms with E-state index < -0.39 is 10.0 Å². The third kappa shape index (κ3) is 2.37. The first-order chi connectivity index (χ1) is 8.09. The summed E-state index contributed by atoms with van der Waals surface area (Å²) >= 11 is 5.60. The highest BCUT2D eigenvalue weighted by molar-refractivity contribution is 7.89. The Bertz CT molecular complexity index is 483. The maximum Gasteiger partial charge on any atom is 0.276 e. The molecule has 0 N–H and O–H groups in total. The molecule has 0 aromatic carbocycles. The Morgan fingerprint density at radius 1 is 1.53 bits per heavy atom. The molecule has 4 nitrogen and oxygen atoms in total. The largest absolute Gasteiger partial charge is 0.447 e. The molecule has 1 aromatic rings. The molecule has 0 saturated carbocycles. The van der Waals surface area contributed by atoms with Gasteiger partial charge in [-0.25, -0.2) is 8.42 Å². The molecule has 96 valence electrons. The predicted octanol–water partition coefficient (Wildman–Crippen LogP) is 2.58. The quantitative estimate of drug-likeness (QED) is 0.795. The highest BCUT2D eigenvalue weighted by Gasteiger charge is 2.36. The van der Waals surface area contributed by atoms with Crippen molar-refractivity contribution in [2.24, 2.45) is 0 Å². The first-order valence-electron chi connectivity index (χ1n) is 5.76. The fourth-order valence-electron chi connectivity index (χ4n) is 2.22. The summed E-state index contributed by atoms with van der Waals surface area (Å²) in [5, 5.41) is 0.00787. The first kappa shape index (κ1) is 12.9. The third-order valence-corrected chi connectivity index (χ3v) is 5.22. The van der Waals surface area contributed by atoms with Crippen LogP contribution in [0, 0.1) is 0 Å². The lowest BCUT2D eigenvalue weighted by atomic mass is 10.2. The van der Waals surface area contributed by atoms with E-state index in [0.717, 1.165) is 19.3 Å². The molecular weight excluding hydrogens is 262 g/mol. The minimum atomic E-state index is -3.48. The van der Waals surface area contributed by atoms with E-state index in [2.05, 4.69) is 0 Å². The van der Waals surface area contributed by atoms with Gasteiger partial charge in [-0.1, -0.05) is 6.92 Å². The van der Waals surface area contributed by atoms with Crippen molar-refractivity contribution in [2.75, 3.05) is 6.54 Å². The second-order valence-corrected chi connectivity index (χ2v) is 6.26. The topological polar surface area (TPSA) is 50.5 Å². The predicted molar refractivity (Wildman–Crippen MR) is 65.5 cm³/mol. The van der Waals surface area contributed by atoms with Crippen LogP contribution in [0.4, 0.5) is 0 Å². The van der Waals surface area contributed by atoms with Crippen molar-refractivity contribution in [3.8, 4) is 0 Å². The number of furan rings is 1. The van der Waals surface area contributed by atoms with Crippen LogP contribution < -0.4 is 0 Å². The van der Waals surface area contributed by atoms with E-state index in [9.17, 15) is 8.42 Å². The monoisotopic (exact) mass is 277 g/mol. The molecule has 1 fully saturated rings. The average Bonchev–Trinajstić information content (AvgIpc) is 2.97. The van der Waals surface area contributed by atoms with Gasteiger partial charge in [-0.2, -0.15) is 4.31 Å². The lowest BCUT2D eigenvalue weighted by molar-refractivity contribution is 0.352. The van der Waals surface area contributed by atoms with Crippen molar-refractivity contribution in [1.82, 2.24) is 4.31 Å². The minimum Gasteiger partial charge on any atom is -0.447 e. The van der Waals surface area contributed by atoms with Gasteiger partial charge in [0.2, 0.25) is 5.09 Å². The number of alkyl halides is 1. The van der Waals surface area contributed by atoms with Crippen molar-refractivity contribution in [2.45, 2.75) is 43.2 Å². The zero-order chi connectivity index (χ0) is 12.5. The molecule has 1 aliphatic heterocycles.